The SMILES string of the molecule is CNc1nc(-c2cccc(Cl)c2F)nc(COC)c1I. The van der Waals surface area contributed by atoms with E-state index in [4.69, 9.17) is 16.3 Å². The highest BCUT2D eigenvalue weighted by molar-refractivity contribution is 14.1. The van der Waals surface area contributed by atoms with Crippen LogP contribution < -0.4 is 5.32 Å². The Balaban J connectivity index is 2.62. The minimum atomic E-state index is -0.527. The van der Waals surface area contributed by atoms with Crippen molar-refractivity contribution in [3.05, 3.63) is 38.3 Å². The molecule has 0 radical (unpaired) electrons. The zero-order valence-electron chi connectivity index (χ0n) is 10.9. The Bertz CT molecular complexity index is 639. The zero-order valence-corrected chi connectivity index (χ0v) is 13.8. The van der Waals surface area contributed by atoms with E-state index in [1.807, 2.05) is 0 Å². The van der Waals surface area contributed by atoms with Crippen molar-refractivity contribution in [2.45, 2.75) is 6.61 Å². The summed E-state index contributed by atoms with van der Waals surface area (Å²) in [5.74, 6) is 0.379. The predicted octanol–water partition coefficient (Wildman–Crippen LogP) is 3.73. The summed E-state index contributed by atoms with van der Waals surface area (Å²) < 4.78 is 20.0. The number of benzene rings is 1. The molecule has 1 aromatic heterocycles. The number of anilines is 1. The number of nitrogens with zero attached hydrogens (tertiary/aromatic N) is 2. The Hall–Kier alpha value is -0.990. The molecule has 0 bridgehead atoms. The van der Waals surface area contributed by atoms with E-state index in [-0.39, 0.29) is 16.4 Å². The zero-order chi connectivity index (χ0) is 14.7. The van der Waals surface area contributed by atoms with Crippen molar-refractivity contribution in [1.29, 1.82) is 0 Å². The molecule has 4 nitrogen and oxygen atoms in total. The Morgan fingerprint density at radius 3 is 2.80 bits per heavy atom. The van der Waals surface area contributed by atoms with Crippen molar-refractivity contribution in [3.63, 3.8) is 0 Å². The average molecular weight is 408 g/mol. The minimum Gasteiger partial charge on any atom is -0.378 e. The summed E-state index contributed by atoms with van der Waals surface area (Å²) in [5.41, 5.74) is 0.963. The lowest BCUT2D eigenvalue weighted by molar-refractivity contribution is 0.181. The summed E-state index contributed by atoms with van der Waals surface area (Å²) in [6.07, 6.45) is 0. The maximum atomic E-state index is 14.1. The van der Waals surface area contributed by atoms with E-state index < -0.39 is 5.82 Å². The van der Waals surface area contributed by atoms with Crippen LogP contribution in [0.15, 0.2) is 18.2 Å². The van der Waals surface area contributed by atoms with E-state index in [9.17, 15) is 4.39 Å². The van der Waals surface area contributed by atoms with Crippen LogP contribution in [0.4, 0.5) is 10.2 Å². The lowest BCUT2D eigenvalue weighted by Crippen LogP contribution is -2.07. The van der Waals surface area contributed by atoms with Crippen LogP contribution in [0.25, 0.3) is 11.4 Å². The molecule has 1 N–H and O–H groups in total. The number of hydrogen-bond acceptors (Lipinski definition) is 4. The van der Waals surface area contributed by atoms with Crippen LogP contribution in [0.5, 0.6) is 0 Å². The van der Waals surface area contributed by atoms with Gasteiger partial charge in [-0.05, 0) is 34.7 Å². The van der Waals surface area contributed by atoms with Gasteiger partial charge in [0, 0.05) is 14.2 Å². The quantitative estimate of drug-likeness (QED) is 0.785. The van der Waals surface area contributed by atoms with Crippen molar-refractivity contribution < 1.29 is 9.13 Å². The Labute approximate surface area is 134 Å². The van der Waals surface area contributed by atoms with Gasteiger partial charge >= 0.3 is 0 Å². The molecule has 7 heteroatoms. The van der Waals surface area contributed by atoms with E-state index in [1.54, 1.807) is 26.3 Å². The van der Waals surface area contributed by atoms with Crippen molar-refractivity contribution in [1.82, 2.24) is 9.97 Å². The van der Waals surface area contributed by atoms with Gasteiger partial charge in [0.25, 0.3) is 0 Å². The maximum Gasteiger partial charge on any atom is 0.164 e. The second-order valence-electron chi connectivity index (χ2n) is 3.94. The molecule has 0 saturated carbocycles. The highest BCUT2D eigenvalue weighted by Crippen LogP contribution is 2.28. The van der Waals surface area contributed by atoms with Crippen LogP contribution in [-0.2, 0) is 11.3 Å². The van der Waals surface area contributed by atoms with Crippen LogP contribution in [0.2, 0.25) is 5.02 Å². The third-order valence-electron chi connectivity index (χ3n) is 2.63. The van der Waals surface area contributed by atoms with Gasteiger partial charge in [-0.25, -0.2) is 14.4 Å². The molecule has 2 aromatic rings. The summed E-state index contributed by atoms with van der Waals surface area (Å²) in [6.45, 7) is 0.324. The number of nitrogens with one attached hydrogen (secondary N) is 1. The number of ether oxygens (including phenoxy) is 1. The van der Waals surface area contributed by atoms with Crippen LogP contribution >= 0.6 is 34.2 Å². The molecule has 1 heterocycles. The topological polar surface area (TPSA) is 47.0 Å². The van der Waals surface area contributed by atoms with Gasteiger partial charge in [0.05, 0.1) is 26.5 Å². The third kappa shape index (κ3) is 3.02. The number of methoxy groups -OCH3 is 1. The molecule has 0 saturated heterocycles. The molecule has 0 spiro atoms. The smallest absolute Gasteiger partial charge is 0.164 e. The van der Waals surface area contributed by atoms with Crippen LogP contribution in [-0.4, -0.2) is 24.1 Å². The van der Waals surface area contributed by atoms with Gasteiger partial charge in [-0.15, -0.1) is 0 Å². The van der Waals surface area contributed by atoms with E-state index in [0.717, 1.165) is 3.57 Å². The molecular weight excluding hydrogens is 396 g/mol. The molecule has 0 fully saturated rings. The van der Waals surface area contributed by atoms with Crippen LogP contribution in [0.3, 0.4) is 0 Å². The standard InChI is InChI=1S/C13H12ClFIN3O/c1-17-13-11(16)9(6-20-2)18-12(19-13)7-4-3-5-8(14)10(7)15/h3-5H,6H2,1-2H3,(H,17,18,19). The van der Waals surface area contributed by atoms with Crippen molar-refractivity contribution in [3.8, 4) is 11.4 Å². The highest BCUT2D eigenvalue weighted by atomic mass is 127. The fourth-order valence-electron chi connectivity index (χ4n) is 1.69. The fraction of sp³-hybridized carbons (Fsp3) is 0.231. The van der Waals surface area contributed by atoms with Gasteiger partial charge in [-0.3, -0.25) is 0 Å². The van der Waals surface area contributed by atoms with Gasteiger partial charge in [0.2, 0.25) is 0 Å². The minimum absolute atomic E-state index is 0.0453. The first-order valence-electron chi connectivity index (χ1n) is 5.76. The number of hydrogen-bond donors (Lipinski definition) is 1. The summed E-state index contributed by atoms with van der Waals surface area (Å²) in [7, 11) is 3.33. The lowest BCUT2D eigenvalue weighted by Gasteiger charge is -2.11. The molecule has 0 aliphatic carbocycles. The van der Waals surface area contributed by atoms with Crippen molar-refractivity contribution in [2.75, 3.05) is 19.5 Å². The van der Waals surface area contributed by atoms with Gasteiger partial charge in [0.1, 0.15) is 5.82 Å². The molecular formula is C13H12ClFIN3O. The first-order chi connectivity index (χ1) is 9.58. The summed E-state index contributed by atoms with van der Waals surface area (Å²) in [6, 6.07) is 4.75. The van der Waals surface area contributed by atoms with Gasteiger partial charge in [-0.1, -0.05) is 17.7 Å². The van der Waals surface area contributed by atoms with E-state index in [1.165, 1.54) is 6.07 Å². The van der Waals surface area contributed by atoms with E-state index in [0.29, 0.717) is 18.1 Å². The maximum absolute atomic E-state index is 14.1. The van der Waals surface area contributed by atoms with Crippen LogP contribution in [0, 0.1) is 9.39 Å². The first-order valence-corrected chi connectivity index (χ1v) is 7.21. The number of halogens is 3. The third-order valence-corrected chi connectivity index (χ3v) is 4.06. The average Bonchev–Trinajstić information content (AvgIpc) is 2.44. The first kappa shape index (κ1) is 15.4. The number of aromatic nitrogens is 2. The number of rotatable bonds is 4. The van der Waals surface area contributed by atoms with Crippen LogP contribution in [0.1, 0.15) is 5.69 Å². The van der Waals surface area contributed by atoms with Crippen molar-refractivity contribution >= 4 is 40.0 Å². The molecule has 0 amide bonds. The molecule has 0 atom stereocenters. The Kier molecular flexibility index (Phi) is 5.11. The monoisotopic (exact) mass is 407 g/mol. The Morgan fingerprint density at radius 1 is 1.40 bits per heavy atom. The Morgan fingerprint density at radius 2 is 2.15 bits per heavy atom. The summed E-state index contributed by atoms with van der Waals surface area (Å²) >= 11 is 7.93. The van der Waals surface area contributed by atoms with Gasteiger partial charge in [0.15, 0.2) is 11.6 Å². The lowest BCUT2D eigenvalue weighted by atomic mass is 10.2. The molecule has 106 valence electrons. The summed E-state index contributed by atoms with van der Waals surface area (Å²) in [4.78, 5) is 8.68. The van der Waals surface area contributed by atoms with Crippen molar-refractivity contribution in [2.24, 2.45) is 0 Å². The second kappa shape index (κ2) is 6.64. The molecule has 0 unspecified atom stereocenters. The van der Waals surface area contributed by atoms with Gasteiger partial charge in [-0.2, -0.15) is 0 Å². The second-order valence-corrected chi connectivity index (χ2v) is 5.43. The van der Waals surface area contributed by atoms with E-state index >= 15 is 0 Å². The molecule has 2 rings (SSSR count). The van der Waals surface area contributed by atoms with E-state index in [2.05, 4.69) is 37.9 Å². The summed E-state index contributed by atoms with van der Waals surface area (Å²) in [5, 5.41) is 3.01. The molecule has 0 aliphatic rings. The molecule has 20 heavy (non-hydrogen) atoms. The largest absolute Gasteiger partial charge is 0.378 e. The molecule has 0 aliphatic heterocycles. The molecule has 1 aromatic carbocycles. The predicted molar refractivity (Wildman–Crippen MR) is 85.4 cm³/mol. The fourth-order valence-corrected chi connectivity index (χ4v) is 2.53. The normalized spacial score (nSPS) is 10.7. The highest BCUT2D eigenvalue weighted by Gasteiger charge is 2.16. The van der Waals surface area contributed by atoms with Gasteiger partial charge < -0.3 is 10.1 Å².